The Morgan fingerprint density at radius 3 is 2.93 bits per heavy atom. The number of amides is 1. The molecule has 1 aromatic heterocycles. The van der Waals surface area contributed by atoms with Gasteiger partial charge in [-0.05, 0) is 13.0 Å². The molecule has 1 atom stereocenters. The van der Waals surface area contributed by atoms with Gasteiger partial charge < -0.3 is 10.6 Å². The lowest BCUT2D eigenvalue weighted by molar-refractivity contribution is 0.0742. The molecule has 0 spiro atoms. The minimum Gasteiger partial charge on any atom is -0.393 e. The number of carbonyl (C=O) groups is 1. The van der Waals surface area contributed by atoms with Crippen molar-refractivity contribution >= 4 is 23.1 Å². The minimum absolute atomic E-state index is 0.0155. The third kappa shape index (κ3) is 3.02. The van der Waals surface area contributed by atoms with E-state index in [-0.39, 0.29) is 11.9 Å². The Morgan fingerprint density at radius 2 is 2.47 bits per heavy atom. The molecule has 0 aliphatic rings. The van der Waals surface area contributed by atoms with Crippen molar-refractivity contribution in [2.45, 2.75) is 19.4 Å². The predicted molar refractivity (Wildman–Crippen MR) is 61.5 cm³/mol. The molecule has 0 bridgehead atoms. The first-order valence-corrected chi connectivity index (χ1v) is 4.98. The van der Waals surface area contributed by atoms with E-state index in [4.69, 9.17) is 18.0 Å². The van der Waals surface area contributed by atoms with Gasteiger partial charge in [-0.3, -0.25) is 9.89 Å². The molecule has 1 unspecified atom stereocenters. The molecule has 5 nitrogen and oxygen atoms in total. The first-order chi connectivity index (χ1) is 7.02. The van der Waals surface area contributed by atoms with E-state index in [0.29, 0.717) is 17.1 Å². The van der Waals surface area contributed by atoms with Crippen molar-refractivity contribution in [1.29, 1.82) is 0 Å². The van der Waals surface area contributed by atoms with Crippen molar-refractivity contribution in [2.24, 2.45) is 5.73 Å². The molecule has 82 valence electrons. The monoisotopic (exact) mass is 226 g/mol. The maximum absolute atomic E-state index is 11.8. The first-order valence-electron chi connectivity index (χ1n) is 4.57. The van der Waals surface area contributed by atoms with Gasteiger partial charge in [0.05, 0.1) is 4.99 Å². The van der Waals surface area contributed by atoms with Crippen molar-refractivity contribution in [2.75, 3.05) is 7.05 Å². The maximum Gasteiger partial charge on any atom is 0.271 e. The number of aromatic nitrogens is 2. The van der Waals surface area contributed by atoms with E-state index in [1.54, 1.807) is 24.2 Å². The fourth-order valence-electron chi connectivity index (χ4n) is 1.19. The summed E-state index contributed by atoms with van der Waals surface area (Å²) >= 11 is 4.80. The molecule has 15 heavy (non-hydrogen) atoms. The summed E-state index contributed by atoms with van der Waals surface area (Å²) in [5, 5.41) is 6.34. The average Bonchev–Trinajstić information content (AvgIpc) is 2.67. The summed E-state index contributed by atoms with van der Waals surface area (Å²) in [5.74, 6) is -0.115. The third-order valence-electron chi connectivity index (χ3n) is 2.21. The van der Waals surface area contributed by atoms with Gasteiger partial charge in [-0.25, -0.2) is 0 Å². The van der Waals surface area contributed by atoms with Gasteiger partial charge >= 0.3 is 0 Å². The molecule has 0 saturated carbocycles. The van der Waals surface area contributed by atoms with Crippen LogP contribution in [0, 0.1) is 0 Å². The standard InChI is InChI=1S/C9H14N4OS/c1-6(5-8(10)15)13(2)9(14)7-3-4-11-12-7/h3-4,6H,5H2,1-2H3,(H2,10,15)(H,11,12). The Labute approximate surface area is 93.6 Å². The molecule has 0 aromatic carbocycles. The maximum atomic E-state index is 11.8. The molecule has 0 radical (unpaired) electrons. The fourth-order valence-corrected chi connectivity index (χ4v) is 1.43. The van der Waals surface area contributed by atoms with Gasteiger partial charge in [-0.2, -0.15) is 5.10 Å². The van der Waals surface area contributed by atoms with Crippen LogP contribution >= 0.6 is 12.2 Å². The number of thiocarbonyl (C=S) groups is 1. The Bertz CT molecular complexity index is 349. The molecule has 1 heterocycles. The highest BCUT2D eigenvalue weighted by Gasteiger charge is 2.18. The predicted octanol–water partition coefficient (Wildman–Crippen LogP) is 0.546. The second-order valence-corrected chi connectivity index (χ2v) is 3.93. The summed E-state index contributed by atoms with van der Waals surface area (Å²) in [6.45, 7) is 1.90. The number of nitrogens with two attached hydrogens (primary N) is 1. The molecule has 0 aliphatic carbocycles. The SMILES string of the molecule is CC(CC(N)=S)N(C)C(=O)c1ccn[nH]1. The van der Waals surface area contributed by atoms with Gasteiger partial charge in [0.25, 0.3) is 5.91 Å². The van der Waals surface area contributed by atoms with Crippen LogP contribution in [0.3, 0.4) is 0 Å². The van der Waals surface area contributed by atoms with Gasteiger partial charge in [0.2, 0.25) is 0 Å². The van der Waals surface area contributed by atoms with Gasteiger partial charge in [0.1, 0.15) is 5.69 Å². The van der Waals surface area contributed by atoms with Crippen LogP contribution in [0.1, 0.15) is 23.8 Å². The van der Waals surface area contributed by atoms with Crippen molar-refractivity contribution in [1.82, 2.24) is 15.1 Å². The van der Waals surface area contributed by atoms with Crippen LogP contribution in [0.5, 0.6) is 0 Å². The number of carbonyl (C=O) groups excluding carboxylic acids is 1. The van der Waals surface area contributed by atoms with Crippen molar-refractivity contribution in [3.63, 3.8) is 0 Å². The lowest BCUT2D eigenvalue weighted by Crippen LogP contribution is -2.37. The Balaban J connectivity index is 2.64. The molecule has 6 heteroatoms. The van der Waals surface area contributed by atoms with Gasteiger partial charge in [0, 0.05) is 25.7 Å². The second kappa shape index (κ2) is 4.88. The van der Waals surface area contributed by atoms with Crippen LogP contribution in [0.25, 0.3) is 0 Å². The van der Waals surface area contributed by atoms with E-state index >= 15 is 0 Å². The van der Waals surface area contributed by atoms with Gasteiger partial charge in [0.15, 0.2) is 0 Å². The number of aromatic amines is 1. The molecule has 0 aliphatic heterocycles. The van der Waals surface area contributed by atoms with E-state index in [0.717, 1.165) is 0 Å². The largest absolute Gasteiger partial charge is 0.393 e. The summed E-state index contributed by atoms with van der Waals surface area (Å²) in [6.07, 6.45) is 2.06. The second-order valence-electron chi connectivity index (χ2n) is 3.41. The third-order valence-corrected chi connectivity index (χ3v) is 2.38. The van der Waals surface area contributed by atoms with Gasteiger partial charge in [-0.15, -0.1) is 0 Å². The smallest absolute Gasteiger partial charge is 0.271 e. The molecule has 0 saturated heterocycles. The van der Waals surface area contributed by atoms with E-state index in [1.807, 2.05) is 6.92 Å². The number of nitrogens with zero attached hydrogens (tertiary/aromatic N) is 2. The first kappa shape index (κ1) is 11.6. The number of hydrogen-bond donors (Lipinski definition) is 2. The van der Waals surface area contributed by atoms with Crippen molar-refractivity contribution in [3.05, 3.63) is 18.0 Å². The number of rotatable bonds is 4. The number of nitrogens with one attached hydrogen (secondary N) is 1. The quantitative estimate of drug-likeness (QED) is 0.735. The van der Waals surface area contributed by atoms with Crippen LogP contribution in [-0.4, -0.2) is 39.1 Å². The normalized spacial score (nSPS) is 12.1. The topological polar surface area (TPSA) is 75.0 Å². The van der Waals surface area contributed by atoms with Crippen LogP contribution in [-0.2, 0) is 0 Å². The zero-order valence-electron chi connectivity index (χ0n) is 8.73. The molecule has 0 fully saturated rings. The van der Waals surface area contributed by atoms with Gasteiger partial charge in [-0.1, -0.05) is 12.2 Å². The summed E-state index contributed by atoms with van der Waals surface area (Å²) in [5.41, 5.74) is 5.89. The highest BCUT2D eigenvalue weighted by molar-refractivity contribution is 7.80. The van der Waals surface area contributed by atoms with Crippen LogP contribution in [0.2, 0.25) is 0 Å². The fraction of sp³-hybridized carbons (Fsp3) is 0.444. The van der Waals surface area contributed by atoms with Crippen LogP contribution in [0.15, 0.2) is 12.3 Å². The Kier molecular flexibility index (Phi) is 3.79. The van der Waals surface area contributed by atoms with Crippen LogP contribution in [0.4, 0.5) is 0 Å². The number of H-pyrrole nitrogens is 1. The molecule has 1 aromatic rings. The average molecular weight is 226 g/mol. The van der Waals surface area contributed by atoms with E-state index in [1.165, 1.54) is 0 Å². The molecular weight excluding hydrogens is 212 g/mol. The summed E-state index contributed by atoms with van der Waals surface area (Å²) in [6, 6.07) is 1.62. The van der Waals surface area contributed by atoms with E-state index in [2.05, 4.69) is 10.2 Å². The zero-order valence-corrected chi connectivity index (χ0v) is 9.54. The van der Waals surface area contributed by atoms with Crippen molar-refractivity contribution in [3.8, 4) is 0 Å². The Morgan fingerprint density at radius 1 is 1.80 bits per heavy atom. The van der Waals surface area contributed by atoms with Crippen LogP contribution < -0.4 is 5.73 Å². The molecule has 3 N–H and O–H groups in total. The highest BCUT2D eigenvalue weighted by atomic mass is 32.1. The Hall–Kier alpha value is -1.43. The number of hydrogen-bond acceptors (Lipinski definition) is 3. The van der Waals surface area contributed by atoms with E-state index in [9.17, 15) is 4.79 Å². The highest BCUT2D eigenvalue weighted by Crippen LogP contribution is 2.06. The van der Waals surface area contributed by atoms with E-state index < -0.39 is 0 Å². The summed E-state index contributed by atoms with van der Waals surface area (Å²) in [7, 11) is 1.71. The molecule has 1 amide bonds. The molecular formula is C9H14N4OS. The minimum atomic E-state index is -0.115. The zero-order chi connectivity index (χ0) is 11.4. The summed E-state index contributed by atoms with van der Waals surface area (Å²) < 4.78 is 0. The summed E-state index contributed by atoms with van der Waals surface area (Å²) in [4.78, 5) is 13.8. The molecule has 1 rings (SSSR count). The lowest BCUT2D eigenvalue weighted by Gasteiger charge is -2.23. The van der Waals surface area contributed by atoms with Crippen molar-refractivity contribution < 1.29 is 4.79 Å². The lowest BCUT2D eigenvalue weighted by atomic mass is 10.2.